The Labute approximate surface area is 145 Å². The lowest BCUT2D eigenvalue weighted by molar-refractivity contribution is 0.340. The molecule has 0 radical (unpaired) electrons. The van der Waals surface area contributed by atoms with Crippen molar-refractivity contribution in [2.75, 3.05) is 6.61 Å². The lowest BCUT2D eigenvalue weighted by Crippen LogP contribution is -2.17. The molecule has 3 heterocycles. The van der Waals surface area contributed by atoms with E-state index in [1.54, 1.807) is 0 Å². The number of rotatable bonds is 3. The van der Waals surface area contributed by atoms with E-state index in [0.29, 0.717) is 6.61 Å². The van der Waals surface area contributed by atoms with Crippen molar-refractivity contribution in [3.05, 3.63) is 65.1 Å². The number of nitrogens with zero attached hydrogens (tertiary/aromatic N) is 1. The number of aryl methyl sites for hydroxylation is 1. The van der Waals surface area contributed by atoms with E-state index in [4.69, 9.17) is 16.3 Å². The molecule has 2 N–H and O–H groups in total. The SMILES string of the molecule is CCOc1cccc(C2=CNC(Cl)c3[nH]c4ncc(C)cc4c32)c1. The number of aromatic amines is 1. The van der Waals surface area contributed by atoms with Gasteiger partial charge < -0.3 is 15.0 Å². The summed E-state index contributed by atoms with van der Waals surface area (Å²) in [4.78, 5) is 7.86. The van der Waals surface area contributed by atoms with Gasteiger partial charge in [-0.25, -0.2) is 4.98 Å². The molecule has 0 spiro atoms. The predicted octanol–water partition coefficient (Wildman–Crippen LogP) is 4.50. The van der Waals surface area contributed by atoms with E-state index >= 15 is 0 Å². The van der Waals surface area contributed by atoms with E-state index in [1.165, 1.54) is 0 Å². The number of nitrogens with one attached hydrogen (secondary N) is 2. The van der Waals surface area contributed by atoms with Crippen LogP contribution in [0, 0.1) is 6.92 Å². The molecular weight excluding hydrogens is 322 g/mol. The van der Waals surface area contributed by atoms with Gasteiger partial charge in [-0.05, 0) is 43.2 Å². The van der Waals surface area contributed by atoms with E-state index in [1.807, 2.05) is 38.4 Å². The molecule has 1 aliphatic rings. The lowest BCUT2D eigenvalue weighted by Gasteiger charge is -2.21. The molecule has 24 heavy (non-hydrogen) atoms. The monoisotopic (exact) mass is 339 g/mol. The summed E-state index contributed by atoms with van der Waals surface area (Å²) in [5, 5.41) is 4.31. The molecule has 0 aliphatic carbocycles. The summed E-state index contributed by atoms with van der Waals surface area (Å²) in [6.07, 6.45) is 3.83. The molecule has 1 atom stereocenters. The fourth-order valence-electron chi connectivity index (χ4n) is 3.13. The quantitative estimate of drug-likeness (QED) is 0.545. The summed E-state index contributed by atoms with van der Waals surface area (Å²) in [6, 6.07) is 10.3. The molecule has 0 fully saturated rings. The number of benzene rings is 1. The summed E-state index contributed by atoms with van der Waals surface area (Å²) >= 11 is 6.45. The number of aromatic nitrogens is 2. The zero-order chi connectivity index (χ0) is 16.7. The Balaban J connectivity index is 1.91. The number of halogens is 1. The van der Waals surface area contributed by atoms with Crippen molar-refractivity contribution in [3.8, 4) is 5.75 Å². The molecule has 1 aromatic carbocycles. The first-order valence-corrected chi connectivity index (χ1v) is 8.43. The molecule has 4 rings (SSSR count). The lowest BCUT2D eigenvalue weighted by atomic mass is 9.94. The molecule has 0 amide bonds. The van der Waals surface area contributed by atoms with Gasteiger partial charge in [0.15, 0.2) is 0 Å². The molecule has 2 aromatic heterocycles. The first-order chi connectivity index (χ1) is 11.7. The summed E-state index contributed by atoms with van der Waals surface area (Å²) < 4.78 is 5.64. The van der Waals surface area contributed by atoms with Gasteiger partial charge in [0, 0.05) is 28.9 Å². The first-order valence-electron chi connectivity index (χ1n) is 7.99. The number of hydrogen-bond donors (Lipinski definition) is 2. The van der Waals surface area contributed by atoms with Gasteiger partial charge in [-0.3, -0.25) is 0 Å². The van der Waals surface area contributed by atoms with Crippen molar-refractivity contribution in [2.45, 2.75) is 19.3 Å². The Bertz CT molecular complexity index is 945. The summed E-state index contributed by atoms with van der Waals surface area (Å²) in [6.45, 7) is 4.68. The maximum absolute atomic E-state index is 6.45. The van der Waals surface area contributed by atoms with E-state index in [-0.39, 0.29) is 5.50 Å². The minimum atomic E-state index is -0.298. The van der Waals surface area contributed by atoms with Crippen molar-refractivity contribution in [1.29, 1.82) is 0 Å². The second kappa shape index (κ2) is 5.87. The van der Waals surface area contributed by atoms with Crippen LogP contribution in [0.3, 0.4) is 0 Å². The predicted molar refractivity (Wildman–Crippen MR) is 97.3 cm³/mol. The zero-order valence-corrected chi connectivity index (χ0v) is 14.3. The molecule has 1 aliphatic heterocycles. The molecule has 3 aromatic rings. The molecule has 4 nitrogen and oxygen atoms in total. The van der Waals surface area contributed by atoms with Crippen LogP contribution in [0.25, 0.3) is 16.6 Å². The Morgan fingerprint density at radius 1 is 1.29 bits per heavy atom. The zero-order valence-electron chi connectivity index (χ0n) is 13.6. The van der Waals surface area contributed by atoms with Crippen LogP contribution in [0.4, 0.5) is 0 Å². The standard InChI is InChI=1S/C19H18ClN3O/c1-3-24-13-6-4-5-12(8-13)15-10-21-18(20)17-16(15)14-7-11(2)9-22-19(14)23-17/h4-10,18,21H,3H2,1-2H3,(H,22,23). The average molecular weight is 340 g/mol. The van der Waals surface area contributed by atoms with Gasteiger partial charge in [-0.1, -0.05) is 23.7 Å². The van der Waals surface area contributed by atoms with E-state index < -0.39 is 0 Å². The van der Waals surface area contributed by atoms with Crippen LogP contribution in [0.15, 0.2) is 42.7 Å². The second-order valence-corrected chi connectivity index (χ2v) is 6.31. The van der Waals surface area contributed by atoms with Crippen LogP contribution >= 0.6 is 11.6 Å². The van der Waals surface area contributed by atoms with Crippen LogP contribution in [-0.4, -0.2) is 16.6 Å². The minimum absolute atomic E-state index is 0.298. The van der Waals surface area contributed by atoms with Crippen molar-refractivity contribution in [1.82, 2.24) is 15.3 Å². The summed E-state index contributed by atoms with van der Waals surface area (Å²) in [5.41, 5.74) is 5.90. The third-order valence-corrected chi connectivity index (χ3v) is 4.51. The number of pyridine rings is 1. The van der Waals surface area contributed by atoms with Crippen LogP contribution in [0.1, 0.15) is 34.8 Å². The van der Waals surface area contributed by atoms with Gasteiger partial charge >= 0.3 is 0 Å². The number of fused-ring (bicyclic) bond motifs is 3. The van der Waals surface area contributed by atoms with E-state index in [2.05, 4.69) is 33.5 Å². The van der Waals surface area contributed by atoms with Crippen molar-refractivity contribution >= 4 is 28.2 Å². The maximum atomic E-state index is 6.45. The third kappa shape index (κ3) is 2.43. The highest BCUT2D eigenvalue weighted by Crippen LogP contribution is 2.39. The van der Waals surface area contributed by atoms with Crippen LogP contribution in [-0.2, 0) is 0 Å². The number of ether oxygens (including phenoxy) is 1. The van der Waals surface area contributed by atoms with Crippen molar-refractivity contribution in [2.24, 2.45) is 0 Å². The number of alkyl halides is 1. The van der Waals surface area contributed by atoms with Gasteiger partial charge in [0.05, 0.1) is 12.3 Å². The topological polar surface area (TPSA) is 49.9 Å². The Morgan fingerprint density at radius 3 is 3.00 bits per heavy atom. The molecule has 1 unspecified atom stereocenters. The fourth-order valence-corrected chi connectivity index (χ4v) is 3.36. The fraction of sp³-hybridized carbons (Fsp3) is 0.211. The van der Waals surface area contributed by atoms with Gasteiger partial charge in [0.25, 0.3) is 0 Å². The molecule has 5 heteroatoms. The third-order valence-electron chi connectivity index (χ3n) is 4.17. The summed E-state index contributed by atoms with van der Waals surface area (Å²) in [5.74, 6) is 0.861. The van der Waals surface area contributed by atoms with Gasteiger partial charge in [-0.2, -0.15) is 0 Å². The summed E-state index contributed by atoms with van der Waals surface area (Å²) in [7, 11) is 0. The van der Waals surface area contributed by atoms with E-state index in [0.717, 1.165) is 44.7 Å². The molecule has 0 bridgehead atoms. The molecule has 0 saturated heterocycles. The number of H-pyrrole nitrogens is 1. The highest BCUT2D eigenvalue weighted by molar-refractivity contribution is 6.21. The van der Waals surface area contributed by atoms with Crippen molar-refractivity contribution in [3.63, 3.8) is 0 Å². The molecular formula is C19H18ClN3O. The Kier molecular flexibility index (Phi) is 3.69. The van der Waals surface area contributed by atoms with Gasteiger partial charge in [0.2, 0.25) is 0 Å². The molecule has 122 valence electrons. The Hall–Kier alpha value is -2.46. The Morgan fingerprint density at radius 2 is 2.17 bits per heavy atom. The van der Waals surface area contributed by atoms with Crippen LogP contribution < -0.4 is 10.1 Å². The molecule has 0 saturated carbocycles. The average Bonchev–Trinajstić information content (AvgIpc) is 2.96. The smallest absolute Gasteiger partial charge is 0.142 e. The van der Waals surface area contributed by atoms with Crippen LogP contribution in [0.5, 0.6) is 5.75 Å². The maximum Gasteiger partial charge on any atom is 0.142 e. The highest BCUT2D eigenvalue weighted by atomic mass is 35.5. The highest BCUT2D eigenvalue weighted by Gasteiger charge is 2.25. The first kappa shape index (κ1) is 15.1. The van der Waals surface area contributed by atoms with Gasteiger partial charge in [-0.15, -0.1) is 0 Å². The van der Waals surface area contributed by atoms with E-state index in [9.17, 15) is 0 Å². The second-order valence-electron chi connectivity index (χ2n) is 5.87. The van der Waals surface area contributed by atoms with Gasteiger partial charge in [0.1, 0.15) is 16.9 Å². The van der Waals surface area contributed by atoms with Crippen molar-refractivity contribution < 1.29 is 4.74 Å². The minimum Gasteiger partial charge on any atom is -0.494 e. The number of hydrogen-bond acceptors (Lipinski definition) is 3. The van der Waals surface area contributed by atoms with Crippen LogP contribution in [0.2, 0.25) is 0 Å². The largest absolute Gasteiger partial charge is 0.494 e. The normalized spacial score (nSPS) is 16.5.